The monoisotopic (exact) mass is 1480 g/mol. The van der Waals surface area contributed by atoms with E-state index in [1.165, 1.54) is 55.0 Å². The minimum absolute atomic E-state index is 0. The van der Waals surface area contributed by atoms with Gasteiger partial charge in [0.25, 0.3) is 0 Å². The zero-order valence-electron chi connectivity index (χ0n) is 57.9. The van der Waals surface area contributed by atoms with E-state index in [0.717, 1.165) is 55.3 Å². The summed E-state index contributed by atoms with van der Waals surface area (Å²) in [5, 5.41) is 12.8. The number of rotatable bonds is 12. The summed E-state index contributed by atoms with van der Waals surface area (Å²) in [5.74, 6) is -2.85. The van der Waals surface area contributed by atoms with E-state index in [0.29, 0.717) is 99.1 Å². The molecule has 0 aliphatic rings. The third kappa shape index (κ3) is 16.1. The van der Waals surface area contributed by atoms with Crippen molar-refractivity contribution in [1.82, 2.24) is 69.4 Å². The Morgan fingerprint density at radius 2 is 0.713 bits per heavy atom. The van der Waals surface area contributed by atoms with Gasteiger partial charge in [-0.3, -0.25) is 33.3 Å². The fourth-order valence-corrected chi connectivity index (χ4v) is 12.3. The number of hydrogen-bond donors (Lipinski definition) is 6. The molecule has 0 aliphatic heterocycles. The number of hydrogen-bond acceptors (Lipinski definition) is 13. The van der Waals surface area contributed by atoms with Crippen LogP contribution >= 0.6 is 23.2 Å². The molecule has 538 valence electrons. The van der Waals surface area contributed by atoms with Gasteiger partial charge in [-0.25, -0.2) is 38.1 Å². The van der Waals surface area contributed by atoms with Crippen molar-refractivity contribution < 1.29 is 37.1 Å². The first-order chi connectivity index (χ1) is 51.5. The molecular formula is C83H66Cl2F3N15O5. The molecule has 0 radical (unpaired) electrons. The molecule has 12 aromatic heterocycles. The van der Waals surface area contributed by atoms with Gasteiger partial charge in [-0.15, -0.1) is 0 Å². The van der Waals surface area contributed by atoms with E-state index in [1.54, 1.807) is 108 Å². The van der Waals surface area contributed by atoms with Gasteiger partial charge in [0, 0.05) is 182 Å². The number of aromatic nitrogens is 14. The minimum Gasteiger partial charge on any atom is -0.399 e. The van der Waals surface area contributed by atoms with Crippen LogP contribution in [0.2, 0.25) is 10.0 Å². The van der Waals surface area contributed by atoms with Crippen LogP contribution in [0.3, 0.4) is 0 Å². The maximum Gasteiger partial charge on any atom is 0.198 e. The number of nitrogens with two attached hydrogens (primary N) is 1. The number of carbonyl (C=O) groups excluding carboxylic acids is 5. The quantitative estimate of drug-likeness (QED) is 0.0491. The highest BCUT2D eigenvalue weighted by Gasteiger charge is 2.24. The van der Waals surface area contributed by atoms with Gasteiger partial charge in [-0.05, 0) is 119 Å². The van der Waals surface area contributed by atoms with Crippen molar-refractivity contribution >= 4 is 113 Å². The second-order valence-corrected chi connectivity index (χ2v) is 26.0. The van der Waals surface area contributed by atoms with Crippen LogP contribution in [0.15, 0.2) is 226 Å². The van der Waals surface area contributed by atoms with Crippen molar-refractivity contribution in [1.29, 1.82) is 0 Å². The largest absolute Gasteiger partial charge is 0.399 e. The number of pyridine rings is 5. The second-order valence-electron chi connectivity index (χ2n) is 25.1. The molecule has 0 fully saturated rings. The molecule has 12 heterocycles. The Morgan fingerprint density at radius 1 is 0.361 bits per heavy atom. The van der Waals surface area contributed by atoms with Gasteiger partial charge in [0.2, 0.25) is 0 Å². The van der Waals surface area contributed by atoms with Gasteiger partial charge < -0.3 is 30.7 Å². The first-order valence-corrected chi connectivity index (χ1v) is 33.8. The molecule has 0 bridgehead atoms. The van der Waals surface area contributed by atoms with Crippen LogP contribution in [-0.4, -0.2) is 98.3 Å². The molecular weight excluding hydrogens is 1410 g/mol. The highest BCUT2D eigenvalue weighted by molar-refractivity contribution is 6.32. The highest BCUT2D eigenvalue weighted by atomic mass is 35.5. The number of carbonyl (C=O) groups is 5. The molecule has 0 saturated carbocycles. The summed E-state index contributed by atoms with van der Waals surface area (Å²) >= 11 is 11.8. The average molecular weight is 1480 g/mol. The zero-order valence-corrected chi connectivity index (χ0v) is 59.4. The summed E-state index contributed by atoms with van der Waals surface area (Å²) in [6.07, 6.45) is 23.5. The Kier molecular flexibility index (Phi) is 21.9. The van der Waals surface area contributed by atoms with Gasteiger partial charge in [-0.1, -0.05) is 101 Å². The zero-order chi connectivity index (χ0) is 75.3. The third-order valence-electron chi connectivity index (χ3n) is 17.3. The van der Waals surface area contributed by atoms with Crippen LogP contribution in [-0.2, 0) is 14.1 Å². The lowest BCUT2D eigenvalue weighted by Crippen LogP contribution is -2.04. The number of anilines is 1. The van der Waals surface area contributed by atoms with Crippen molar-refractivity contribution in [3.05, 3.63) is 332 Å². The Balaban J connectivity index is 0.000000126. The second kappa shape index (κ2) is 31.8. The Morgan fingerprint density at radius 3 is 1.11 bits per heavy atom. The van der Waals surface area contributed by atoms with Gasteiger partial charge in [0.05, 0.1) is 39.1 Å². The highest BCUT2D eigenvalue weighted by Crippen LogP contribution is 2.31. The lowest BCUT2D eigenvalue weighted by molar-refractivity contribution is 0.102. The van der Waals surface area contributed by atoms with Crippen molar-refractivity contribution in [3.8, 4) is 22.3 Å². The van der Waals surface area contributed by atoms with E-state index >= 15 is 0 Å². The number of H-pyrrole nitrogens is 5. The lowest BCUT2D eigenvalue weighted by Gasteiger charge is -2.04. The third-order valence-corrected chi connectivity index (χ3v) is 17.8. The lowest BCUT2D eigenvalue weighted by atomic mass is 10.00. The molecule has 0 atom stereocenters. The topological polar surface area (TPSA) is 290 Å². The smallest absolute Gasteiger partial charge is 0.198 e. The number of aryl methyl sites for hydroxylation is 6. The van der Waals surface area contributed by atoms with Gasteiger partial charge in [0.1, 0.15) is 45.7 Å². The molecule has 108 heavy (non-hydrogen) atoms. The Bertz CT molecular complexity index is 6300. The molecule has 0 spiro atoms. The predicted molar refractivity (Wildman–Crippen MR) is 414 cm³/mol. The fourth-order valence-electron chi connectivity index (χ4n) is 12.0. The number of halogens is 5. The summed E-state index contributed by atoms with van der Waals surface area (Å²) in [6.45, 7) is 7.58. The van der Waals surface area contributed by atoms with Crippen molar-refractivity contribution in [2.24, 2.45) is 14.1 Å². The number of ketones is 5. The maximum atomic E-state index is 14.1. The molecule has 20 nitrogen and oxygen atoms in total. The molecule has 0 aliphatic carbocycles. The Labute approximate surface area is 624 Å². The standard InChI is InChI=1S/C19H15FN4O.C19H16N4O.C15H10ClFN2O.C15H11ClN2O.C14H10FN3O.CH4/c1-11-3-4-17(20)15(5-11)18(25)16-9-22-19-14(16)6-12(7-21-19)13-8-23-24(2)10-13;1-12-4-3-5-13(6-12)18(24)17-10-21-19-16(17)7-14(8-20-19)15-9-22-23(2)11-15;1-8-2-3-13(17)11(4-8)14(20)12-7-19-15-10(12)5-9(16)6-18-15;1-9-3-2-4-10(5-9)14(19)13-8-18-15-12(13)6-11(16)7-17-15;15-12-4-3-8(16)6-10(12)13(19)11-7-18-14-9(11)2-1-5-17-14;/h3-10H,1-2H3,(H,21,22);3-11H,1-2H3,(H,20,21);2-7H,1H3,(H,18,19);2-8H,1H3,(H,17,18);1-7H,16H2,(H,17,18);1H4. The van der Waals surface area contributed by atoms with Crippen molar-refractivity contribution in [2.75, 3.05) is 5.73 Å². The number of fused-ring (bicyclic) bond motifs is 5. The number of benzene rings is 5. The van der Waals surface area contributed by atoms with E-state index in [-0.39, 0.29) is 47.2 Å². The van der Waals surface area contributed by atoms with Gasteiger partial charge in [-0.2, -0.15) is 10.2 Å². The first kappa shape index (κ1) is 74.2. The van der Waals surface area contributed by atoms with E-state index in [9.17, 15) is 37.1 Å². The van der Waals surface area contributed by atoms with Crippen LogP contribution in [0.25, 0.3) is 77.4 Å². The fraction of sp³-hybridized carbons (Fsp3) is 0.0843. The molecule has 0 saturated heterocycles. The summed E-state index contributed by atoms with van der Waals surface area (Å²) < 4.78 is 45.1. The van der Waals surface area contributed by atoms with E-state index in [2.05, 4.69) is 60.0 Å². The molecule has 0 amide bonds. The molecule has 7 N–H and O–H groups in total. The first-order valence-electron chi connectivity index (χ1n) is 33.1. The molecule has 0 unspecified atom stereocenters. The Hall–Kier alpha value is -13.5. The van der Waals surface area contributed by atoms with Crippen LogP contribution in [0.4, 0.5) is 18.9 Å². The SMILES string of the molecule is C.Cc1ccc(F)c(C(=O)c2c[nH]c3ncc(-c4cnn(C)c4)cc23)c1.Cc1ccc(F)c(C(=O)c2c[nH]c3ncc(Cl)cc23)c1.Cc1cccc(C(=O)c2c[nH]c3ncc(-c4cnn(C)c4)cc23)c1.Cc1cccc(C(=O)c2c[nH]c3ncc(Cl)cc23)c1.Nc1ccc(F)c(C(=O)c2c[nH]c3ncccc23)c1. The van der Waals surface area contributed by atoms with Crippen LogP contribution < -0.4 is 5.73 Å². The molecule has 5 aromatic carbocycles. The van der Waals surface area contributed by atoms with Gasteiger partial charge >= 0.3 is 0 Å². The summed E-state index contributed by atoms with van der Waals surface area (Å²) in [4.78, 5) is 99.0. The maximum absolute atomic E-state index is 14.1. The molecule has 25 heteroatoms. The molecule has 17 rings (SSSR count). The number of aromatic amines is 5. The number of nitrogens with zero attached hydrogens (tertiary/aromatic N) is 9. The summed E-state index contributed by atoms with van der Waals surface area (Å²) in [5.41, 5.74) is 20.3. The predicted octanol–water partition coefficient (Wildman–Crippen LogP) is 17.9. The van der Waals surface area contributed by atoms with E-state index in [1.807, 2.05) is 115 Å². The minimum atomic E-state index is -0.586. The summed E-state index contributed by atoms with van der Waals surface area (Å²) in [7, 11) is 3.71. The normalized spacial score (nSPS) is 10.9. The average Bonchev–Trinajstić information content (AvgIpc) is 1.60. The number of nitrogen functional groups attached to an aromatic ring is 1. The van der Waals surface area contributed by atoms with E-state index < -0.39 is 23.2 Å². The van der Waals surface area contributed by atoms with Gasteiger partial charge in [0.15, 0.2) is 28.9 Å². The van der Waals surface area contributed by atoms with E-state index in [4.69, 9.17) is 28.9 Å². The number of nitrogens with one attached hydrogen (secondary N) is 5. The van der Waals surface area contributed by atoms with Crippen LogP contribution in [0.5, 0.6) is 0 Å². The van der Waals surface area contributed by atoms with Crippen molar-refractivity contribution in [3.63, 3.8) is 0 Å². The van der Waals surface area contributed by atoms with Crippen LogP contribution in [0, 0.1) is 45.1 Å². The van der Waals surface area contributed by atoms with Crippen molar-refractivity contribution in [2.45, 2.75) is 35.1 Å². The summed E-state index contributed by atoms with van der Waals surface area (Å²) in [6, 6.07) is 38.8. The van der Waals surface area contributed by atoms with Crippen LogP contribution in [0.1, 0.15) is 109 Å². The molecule has 17 aromatic rings.